The first-order valence-corrected chi connectivity index (χ1v) is 5.50. The summed E-state index contributed by atoms with van der Waals surface area (Å²) in [5.74, 6) is -0.133. The van der Waals surface area contributed by atoms with E-state index >= 15 is 0 Å². The van der Waals surface area contributed by atoms with Crippen LogP contribution in [-0.2, 0) is 17.9 Å². The molecule has 1 aliphatic heterocycles. The van der Waals surface area contributed by atoms with Gasteiger partial charge in [0, 0.05) is 7.05 Å². The number of carbonyl (C=O) groups excluding carboxylic acids is 1. The zero-order valence-corrected chi connectivity index (χ0v) is 9.75. The SMILES string of the molecule is CN1C(=O)Cn2c(=O)n(CC#N)c3cccc1c32. The lowest BCUT2D eigenvalue weighted by atomic mass is 10.2. The summed E-state index contributed by atoms with van der Waals surface area (Å²) in [5.41, 5.74) is 1.82. The molecule has 0 fully saturated rings. The van der Waals surface area contributed by atoms with Gasteiger partial charge in [-0.15, -0.1) is 0 Å². The van der Waals surface area contributed by atoms with Crippen LogP contribution in [0.25, 0.3) is 11.0 Å². The Morgan fingerprint density at radius 1 is 1.39 bits per heavy atom. The van der Waals surface area contributed by atoms with Crippen LogP contribution in [-0.4, -0.2) is 22.1 Å². The van der Waals surface area contributed by atoms with Gasteiger partial charge in [-0.25, -0.2) is 4.79 Å². The molecule has 2 aromatic rings. The van der Waals surface area contributed by atoms with E-state index in [1.807, 2.05) is 6.07 Å². The van der Waals surface area contributed by atoms with Crippen molar-refractivity contribution in [3.8, 4) is 6.07 Å². The molecular weight excluding hydrogens is 232 g/mol. The summed E-state index contributed by atoms with van der Waals surface area (Å²) in [5, 5.41) is 8.78. The van der Waals surface area contributed by atoms with E-state index in [4.69, 9.17) is 5.26 Å². The van der Waals surface area contributed by atoms with Crippen LogP contribution in [0.3, 0.4) is 0 Å². The molecule has 0 saturated heterocycles. The monoisotopic (exact) mass is 242 g/mol. The third kappa shape index (κ3) is 1.16. The van der Waals surface area contributed by atoms with Crippen molar-refractivity contribution in [2.45, 2.75) is 13.1 Å². The van der Waals surface area contributed by atoms with Crippen molar-refractivity contribution in [1.29, 1.82) is 5.26 Å². The topological polar surface area (TPSA) is 71.0 Å². The molecule has 0 bridgehead atoms. The minimum Gasteiger partial charge on any atom is -0.312 e. The van der Waals surface area contributed by atoms with Gasteiger partial charge >= 0.3 is 5.69 Å². The average Bonchev–Trinajstić information content (AvgIpc) is 2.63. The fourth-order valence-electron chi connectivity index (χ4n) is 2.37. The lowest BCUT2D eigenvalue weighted by Gasteiger charge is -2.23. The number of rotatable bonds is 1. The Kier molecular flexibility index (Phi) is 2.04. The maximum Gasteiger partial charge on any atom is 0.330 e. The molecule has 0 unspecified atom stereocenters. The van der Waals surface area contributed by atoms with Crippen LogP contribution >= 0.6 is 0 Å². The summed E-state index contributed by atoms with van der Waals surface area (Å²) < 4.78 is 2.83. The van der Waals surface area contributed by atoms with Crippen molar-refractivity contribution < 1.29 is 4.79 Å². The molecule has 0 saturated carbocycles. The Hall–Kier alpha value is -2.55. The van der Waals surface area contributed by atoms with Gasteiger partial charge in [0.1, 0.15) is 13.1 Å². The number of nitriles is 1. The van der Waals surface area contributed by atoms with E-state index in [0.29, 0.717) is 11.2 Å². The van der Waals surface area contributed by atoms with E-state index in [9.17, 15) is 9.59 Å². The van der Waals surface area contributed by atoms with E-state index in [-0.39, 0.29) is 24.7 Å². The number of nitrogens with zero attached hydrogens (tertiary/aromatic N) is 4. The lowest BCUT2D eigenvalue weighted by Crippen LogP contribution is -2.37. The third-order valence-corrected chi connectivity index (χ3v) is 3.27. The fourth-order valence-corrected chi connectivity index (χ4v) is 2.37. The minimum absolute atomic E-state index is 0.0102. The van der Waals surface area contributed by atoms with Crippen molar-refractivity contribution in [2.75, 3.05) is 11.9 Å². The molecule has 6 heteroatoms. The standard InChI is InChI=1S/C12H10N4O2/c1-14-8-3-2-4-9-11(8)16(7-10(14)17)12(18)15(9)6-5-13/h2-4H,6-7H2,1H3. The van der Waals surface area contributed by atoms with Gasteiger partial charge in [-0.2, -0.15) is 5.26 Å². The van der Waals surface area contributed by atoms with Gasteiger partial charge in [0.2, 0.25) is 5.91 Å². The zero-order chi connectivity index (χ0) is 12.9. The van der Waals surface area contributed by atoms with Gasteiger partial charge in [0.05, 0.1) is 22.8 Å². The summed E-state index contributed by atoms with van der Waals surface area (Å²) in [6.07, 6.45) is 0. The molecule has 90 valence electrons. The van der Waals surface area contributed by atoms with Crippen LogP contribution in [0.4, 0.5) is 5.69 Å². The van der Waals surface area contributed by atoms with E-state index in [1.165, 1.54) is 9.13 Å². The van der Waals surface area contributed by atoms with Gasteiger partial charge in [0.15, 0.2) is 0 Å². The van der Waals surface area contributed by atoms with E-state index in [1.54, 1.807) is 30.1 Å². The molecule has 2 heterocycles. The number of likely N-dealkylation sites (N-methyl/N-ethyl adjacent to an activating group) is 1. The van der Waals surface area contributed by atoms with Gasteiger partial charge < -0.3 is 4.90 Å². The maximum absolute atomic E-state index is 12.2. The van der Waals surface area contributed by atoms with Crippen LogP contribution < -0.4 is 10.6 Å². The summed E-state index contributed by atoms with van der Waals surface area (Å²) in [6, 6.07) is 7.34. The van der Waals surface area contributed by atoms with Crippen molar-refractivity contribution in [2.24, 2.45) is 0 Å². The molecule has 0 aliphatic carbocycles. The number of hydrogen-bond acceptors (Lipinski definition) is 3. The normalized spacial score (nSPS) is 14.0. The van der Waals surface area contributed by atoms with E-state index in [0.717, 1.165) is 5.52 Å². The summed E-state index contributed by atoms with van der Waals surface area (Å²) >= 11 is 0. The van der Waals surface area contributed by atoms with Crippen LogP contribution in [0, 0.1) is 11.3 Å². The predicted octanol–water partition coefficient (Wildman–Crippen LogP) is 0.303. The highest BCUT2D eigenvalue weighted by Crippen LogP contribution is 2.28. The molecule has 1 aromatic heterocycles. The highest BCUT2D eigenvalue weighted by atomic mass is 16.2. The lowest BCUT2D eigenvalue weighted by molar-refractivity contribution is -0.119. The predicted molar refractivity (Wildman–Crippen MR) is 65.2 cm³/mol. The Morgan fingerprint density at radius 3 is 2.89 bits per heavy atom. The number of para-hydroxylation sites is 1. The molecule has 0 radical (unpaired) electrons. The third-order valence-electron chi connectivity index (χ3n) is 3.27. The Labute approximate surface area is 102 Å². The number of anilines is 1. The number of imidazole rings is 1. The van der Waals surface area contributed by atoms with Crippen molar-refractivity contribution in [3.63, 3.8) is 0 Å². The molecule has 3 rings (SSSR count). The van der Waals surface area contributed by atoms with Crippen molar-refractivity contribution >= 4 is 22.6 Å². The zero-order valence-electron chi connectivity index (χ0n) is 9.75. The number of benzene rings is 1. The van der Waals surface area contributed by atoms with Gasteiger partial charge in [-0.3, -0.25) is 13.9 Å². The maximum atomic E-state index is 12.2. The van der Waals surface area contributed by atoms with Crippen molar-refractivity contribution in [3.05, 3.63) is 28.7 Å². The fraction of sp³-hybridized carbons (Fsp3) is 0.250. The Balaban J connectivity index is 2.47. The highest BCUT2D eigenvalue weighted by molar-refractivity contribution is 6.04. The van der Waals surface area contributed by atoms with Crippen LogP contribution in [0.15, 0.2) is 23.0 Å². The van der Waals surface area contributed by atoms with E-state index < -0.39 is 0 Å². The van der Waals surface area contributed by atoms with Crippen LogP contribution in [0.1, 0.15) is 0 Å². The number of hydrogen-bond donors (Lipinski definition) is 0. The van der Waals surface area contributed by atoms with E-state index in [2.05, 4.69) is 0 Å². The van der Waals surface area contributed by atoms with Gasteiger partial charge in [-0.05, 0) is 12.1 Å². The molecule has 0 spiro atoms. The summed E-state index contributed by atoms with van der Waals surface area (Å²) in [6.45, 7) is 0.0188. The Bertz CT molecular complexity index is 763. The molecule has 1 aliphatic rings. The smallest absolute Gasteiger partial charge is 0.312 e. The first-order valence-electron chi connectivity index (χ1n) is 5.50. The Morgan fingerprint density at radius 2 is 2.17 bits per heavy atom. The van der Waals surface area contributed by atoms with Crippen molar-refractivity contribution in [1.82, 2.24) is 9.13 Å². The summed E-state index contributed by atoms with van der Waals surface area (Å²) in [7, 11) is 1.69. The first-order chi connectivity index (χ1) is 8.65. The first kappa shape index (κ1) is 10.6. The number of carbonyl (C=O) groups is 1. The minimum atomic E-state index is -0.305. The van der Waals surface area contributed by atoms with Crippen LogP contribution in [0.5, 0.6) is 0 Å². The molecule has 0 N–H and O–H groups in total. The van der Waals surface area contributed by atoms with Gasteiger partial charge in [0.25, 0.3) is 0 Å². The second kappa shape index (κ2) is 3.47. The van der Waals surface area contributed by atoms with Gasteiger partial charge in [-0.1, -0.05) is 6.07 Å². The number of amides is 1. The average molecular weight is 242 g/mol. The molecular formula is C12H10N4O2. The molecule has 1 aromatic carbocycles. The quantitative estimate of drug-likeness (QED) is 0.722. The largest absolute Gasteiger partial charge is 0.330 e. The molecule has 6 nitrogen and oxygen atoms in total. The molecule has 1 amide bonds. The molecule has 0 atom stereocenters. The second-order valence-corrected chi connectivity index (χ2v) is 4.21. The highest BCUT2D eigenvalue weighted by Gasteiger charge is 2.26. The summed E-state index contributed by atoms with van der Waals surface area (Å²) in [4.78, 5) is 25.5. The second-order valence-electron chi connectivity index (χ2n) is 4.21. The number of aromatic nitrogens is 2. The van der Waals surface area contributed by atoms with Crippen LogP contribution in [0.2, 0.25) is 0 Å². The molecule has 18 heavy (non-hydrogen) atoms.